The summed E-state index contributed by atoms with van der Waals surface area (Å²) in [5.74, 6) is 7.46. The molecule has 0 bridgehead atoms. The zero-order valence-corrected chi connectivity index (χ0v) is 13.5. The molecule has 1 heterocycles. The number of morpholine rings is 1. The Hall–Kier alpha value is -1.48. The van der Waals surface area contributed by atoms with Crippen molar-refractivity contribution in [1.82, 2.24) is 10.2 Å². The van der Waals surface area contributed by atoms with Crippen LogP contribution < -0.4 is 5.32 Å². The molecule has 0 aromatic heterocycles. The number of carbonyl (C=O) groups excluding carboxylic acids is 1. The summed E-state index contributed by atoms with van der Waals surface area (Å²) in [7, 11) is 0. The van der Waals surface area contributed by atoms with E-state index in [1.54, 1.807) is 11.8 Å². The lowest BCUT2D eigenvalue weighted by Crippen LogP contribution is -2.36. The van der Waals surface area contributed by atoms with Gasteiger partial charge in [-0.15, -0.1) is 11.8 Å². The fourth-order valence-corrected chi connectivity index (χ4v) is 2.84. The minimum atomic E-state index is 0.0432. The highest BCUT2D eigenvalue weighted by Crippen LogP contribution is 2.10. The number of amides is 1. The van der Waals surface area contributed by atoms with Crippen LogP contribution in [0.4, 0.5) is 0 Å². The second-order valence-corrected chi connectivity index (χ2v) is 5.98. The second-order valence-electron chi connectivity index (χ2n) is 5.00. The van der Waals surface area contributed by atoms with Gasteiger partial charge in [-0.05, 0) is 5.56 Å². The molecule has 0 aliphatic carbocycles. The number of nitrogens with zero attached hydrogens (tertiary/aromatic N) is 1. The molecule has 0 saturated carbocycles. The van der Waals surface area contributed by atoms with E-state index in [1.807, 2.05) is 18.2 Å². The molecule has 0 unspecified atom stereocenters. The maximum Gasteiger partial charge on any atom is 0.230 e. The highest BCUT2D eigenvalue weighted by Gasteiger charge is 2.07. The van der Waals surface area contributed by atoms with E-state index in [0.29, 0.717) is 12.3 Å². The zero-order valence-electron chi connectivity index (χ0n) is 12.7. The van der Waals surface area contributed by atoms with Crippen molar-refractivity contribution in [1.29, 1.82) is 0 Å². The maximum absolute atomic E-state index is 11.7. The van der Waals surface area contributed by atoms with Crippen LogP contribution in [0, 0.1) is 11.8 Å². The lowest BCUT2D eigenvalue weighted by atomic mass is 10.2. The highest BCUT2D eigenvalue weighted by molar-refractivity contribution is 7.99. The molecule has 5 heteroatoms. The molecule has 1 fully saturated rings. The minimum absolute atomic E-state index is 0.0432. The Morgan fingerprint density at radius 2 is 2.00 bits per heavy atom. The van der Waals surface area contributed by atoms with Gasteiger partial charge in [0.1, 0.15) is 0 Å². The number of carbonyl (C=O) groups is 1. The summed E-state index contributed by atoms with van der Waals surface area (Å²) in [5, 5.41) is 2.83. The predicted octanol–water partition coefficient (Wildman–Crippen LogP) is 1.37. The van der Waals surface area contributed by atoms with Crippen molar-refractivity contribution in [2.45, 2.75) is 5.75 Å². The van der Waals surface area contributed by atoms with Crippen LogP contribution >= 0.6 is 11.8 Å². The molecular formula is C17H22N2O2S. The number of ether oxygens (including phenoxy) is 1. The first-order valence-corrected chi connectivity index (χ1v) is 8.64. The molecule has 0 atom stereocenters. The van der Waals surface area contributed by atoms with Crippen LogP contribution in [-0.2, 0) is 15.3 Å². The van der Waals surface area contributed by atoms with Crippen molar-refractivity contribution >= 4 is 17.7 Å². The fourth-order valence-electron chi connectivity index (χ4n) is 2.02. The van der Waals surface area contributed by atoms with Gasteiger partial charge in [0, 0.05) is 18.8 Å². The largest absolute Gasteiger partial charge is 0.379 e. The molecule has 22 heavy (non-hydrogen) atoms. The van der Waals surface area contributed by atoms with E-state index >= 15 is 0 Å². The third-order valence-corrected chi connectivity index (χ3v) is 4.25. The Labute approximate surface area is 136 Å². The molecule has 1 amide bonds. The van der Waals surface area contributed by atoms with Gasteiger partial charge in [-0.3, -0.25) is 9.69 Å². The molecule has 4 nitrogen and oxygen atoms in total. The standard InChI is InChI=1S/C17H22N2O2S/c20-17(15-22-14-16-6-2-1-3-7-16)18-8-4-5-9-19-10-12-21-13-11-19/h1-3,6-7H,8-15H2,(H,18,20). The summed E-state index contributed by atoms with van der Waals surface area (Å²) < 4.78 is 5.28. The molecule has 0 spiro atoms. The first-order chi connectivity index (χ1) is 10.8. The minimum Gasteiger partial charge on any atom is -0.379 e. The molecule has 0 radical (unpaired) electrons. The Kier molecular flexibility index (Phi) is 7.89. The van der Waals surface area contributed by atoms with Crippen LogP contribution in [0.1, 0.15) is 5.56 Å². The third-order valence-electron chi connectivity index (χ3n) is 3.25. The van der Waals surface area contributed by atoms with Gasteiger partial charge in [-0.25, -0.2) is 0 Å². The van der Waals surface area contributed by atoms with Crippen LogP contribution in [-0.4, -0.2) is 56.0 Å². The van der Waals surface area contributed by atoms with Crippen molar-refractivity contribution in [3.8, 4) is 11.8 Å². The summed E-state index contributed by atoms with van der Waals surface area (Å²) in [6.45, 7) is 4.64. The number of rotatable bonds is 6. The quantitative estimate of drug-likeness (QED) is 0.805. The first kappa shape index (κ1) is 16.9. The van der Waals surface area contributed by atoms with E-state index in [2.05, 4.69) is 34.2 Å². The van der Waals surface area contributed by atoms with Gasteiger partial charge in [0.2, 0.25) is 5.91 Å². The van der Waals surface area contributed by atoms with Gasteiger partial charge in [0.15, 0.2) is 0 Å². The van der Waals surface area contributed by atoms with E-state index in [0.717, 1.165) is 38.6 Å². The van der Waals surface area contributed by atoms with Crippen LogP contribution in [0.5, 0.6) is 0 Å². The van der Waals surface area contributed by atoms with Crippen molar-refractivity contribution in [2.24, 2.45) is 0 Å². The average molecular weight is 318 g/mol. The third kappa shape index (κ3) is 6.99. The highest BCUT2D eigenvalue weighted by atomic mass is 32.2. The topological polar surface area (TPSA) is 41.6 Å². The zero-order chi connectivity index (χ0) is 15.5. The SMILES string of the molecule is O=C(CSCc1ccccc1)NCC#CCN1CCOCC1. The smallest absolute Gasteiger partial charge is 0.230 e. The lowest BCUT2D eigenvalue weighted by Gasteiger charge is -2.24. The van der Waals surface area contributed by atoms with Gasteiger partial charge < -0.3 is 10.1 Å². The molecule has 1 N–H and O–H groups in total. The lowest BCUT2D eigenvalue weighted by molar-refractivity contribution is -0.118. The van der Waals surface area contributed by atoms with Gasteiger partial charge in [-0.1, -0.05) is 42.2 Å². The number of thioether (sulfide) groups is 1. The van der Waals surface area contributed by atoms with E-state index < -0.39 is 0 Å². The number of hydrogen-bond acceptors (Lipinski definition) is 4. The Bertz CT molecular complexity index is 504. The summed E-state index contributed by atoms with van der Waals surface area (Å²) in [5.41, 5.74) is 1.24. The van der Waals surface area contributed by atoms with E-state index in [-0.39, 0.29) is 5.91 Å². The average Bonchev–Trinajstić information content (AvgIpc) is 2.56. The van der Waals surface area contributed by atoms with Crippen molar-refractivity contribution < 1.29 is 9.53 Å². The summed E-state index contributed by atoms with van der Waals surface area (Å²) in [6, 6.07) is 10.2. The predicted molar refractivity (Wildman–Crippen MR) is 90.6 cm³/mol. The van der Waals surface area contributed by atoms with Crippen LogP contribution in [0.25, 0.3) is 0 Å². The van der Waals surface area contributed by atoms with Gasteiger partial charge in [0.25, 0.3) is 0 Å². The van der Waals surface area contributed by atoms with Crippen LogP contribution in [0.2, 0.25) is 0 Å². The monoisotopic (exact) mass is 318 g/mol. The van der Waals surface area contributed by atoms with E-state index in [4.69, 9.17) is 4.74 Å². The summed E-state index contributed by atoms with van der Waals surface area (Å²) >= 11 is 1.62. The van der Waals surface area contributed by atoms with Gasteiger partial charge in [0.05, 0.1) is 32.1 Å². The molecule has 1 aliphatic rings. The molecule has 1 aromatic carbocycles. The Morgan fingerprint density at radius 3 is 2.77 bits per heavy atom. The van der Waals surface area contributed by atoms with E-state index in [1.165, 1.54) is 5.56 Å². The molecule has 1 saturated heterocycles. The molecule has 1 aliphatic heterocycles. The van der Waals surface area contributed by atoms with Crippen molar-refractivity contribution in [2.75, 3.05) is 45.1 Å². The molecular weight excluding hydrogens is 296 g/mol. The van der Waals surface area contributed by atoms with Crippen LogP contribution in [0.15, 0.2) is 30.3 Å². The van der Waals surface area contributed by atoms with Crippen LogP contribution in [0.3, 0.4) is 0 Å². The molecule has 2 rings (SSSR count). The Morgan fingerprint density at radius 1 is 1.23 bits per heavy atom. The number of nitrogens with one attached hydrogen (secondary N) is 1. The number of benzene rings is 1. The van der Waals surface area contributed by atoms with E-state index in [9.17, 15) is 4.79 Å². The van der Waals surface area contributed by atoms with Crippen molar-refractivity contribution in [3.63, 3.8) is 0 Å². The molecule has 1 aromatic rings. The first-order valence-electron chi connectivity index (χ1n) is 7.49. The number of hydrogen-bond donors (Lipinski definition) is 1. The molecule has 118 valence electrons. The summed E-state index contributed by atoms with van der Waals surface area (Å²) in [6.07, 6.45) is 0. The Balaban J connectivity index is 1.52. The fraction of sp³-hybridized carbons (Fsp3) is 0.471. The van der Waals surface area contributed by atoms with Gasteiger partial charge in [-0.2, -0.15) is 0 Å². The normalized spacial score (nSPS) is 14.9. The van der Waals surface area contributed by atoms with Gasteiger partial charge >= 0.3 is 0 Å². The second kappa shape index (κ2) is 10.3. The van der Waals surface area contributed by atoms with Crippen molar-refractivity contribution in [3.05, 3.63) is 35.9 Å². The summed E-state index contributed by atoms with van der Waals surface area (Å²) in [4.78, 5) is 13.9. The maximum atomic E-state index is 11.7.